The predicted molar refractivity (Wildman–Crippen MR) is 113 cm³/mol. The molecule has 1 saturated heterocycles. The van der Waals surface area contributed by atoms with Gasteiger partial charge in [-0.2, -0.15) is 0 Å². The minimum absolute atomic E-state index is 0.0119. The summed E-state index contributed by atoms with van der Waals surface area (Å²) in [5, 5.41) is 9.29. The molecule has 3 amide bonds. The summed E-state index contributed by atoms with van der Waals surface area (Å²) >= 11 is 0. The van der Waals surface area contributed by atoms with Crippen LogP contribution in [0.15, 0.2) is 34.9 Å². The Morgan fingerprint density at radius 1 is 1.16 bits per heavy atom. The number of carbonyl (C=O) groups is 3. The average molecular weight is 446 g/mol. The molecule has 2 N–H and O–H groups in total. The van der Waals surface area contributed by atoms with E-state index < -0.39 is 5.91 Å². The van der Waals surface area contributed by atoms with Crippen LogP contribution in [-0.2, 0) is 25.7 Å². The second-order valence-corrected chi connectivity index (χ2v) is 7.62. The summed E-state index contributed by atoms with van der Waals surface area (Å²) in [6.45, 7) is 2.73. The highest BCUT2D eigenvalue weighted by atomic mass is 19.1. The monoisotopic (exact) mass is 446 g/mol. The average Bonchev–Trinajstić information content (AvgIpc) is 3.45. The van der Waals surface area contributed by atoms with E-state index in [-0.39, 0.29) is 55.5 Å². The lowest BCUT2D eigenvalue weighted by atomic mass is 10.2. The third kappa shape index (κ3) is 7.16. The molecule has 1 aliphatic heterocycles. The summed E-state index contributed by atoms with van der Waals surface area (Å²) in [6, 6.07) is 7.33. The van der Waals surface area contributed by atoms with Crippen molar-refractivity contribution >= 4 is 23.5 Å². The van der Waals surface area contributed by atoms with E-state index in [0.717, 1.165) is 18.4 Å². The Morgan fingerprint density at radius 3 is 2.59 bits per heavy atom. The first-order valence-electron chi connectivity index (χ1n) is 10.5. The Hall–Kier alpha value is -3.27. The van der Waals surface area contributed by atoms with Gasteiger partial charge in [0.15, 0.2) is 5.82 Å². The van der Waals surface area contributed by atoms with Gasteiger partial charge in [-0.05, 0) is 37.5 Å². The first-order valence-corrected chi connectivity index (χ1v) is 10.5. The van der Waals surface area contributed by atoms with Crippen molar-refractivity contribution in [2.24, 2.45) is 0 Å². The van der Waals surface area contributed by atoms with Gasteiger partial charge < -0.3 is 19.9 Å². The van der Waals surface area contributed by atoms with Gasteiger partial charge in [0.05, 0.1) is 6.10 Å². The molecule has 1 aliphatic rings. The van der Waals surface area contributed by atoms with Crippen molar-refractivity contribution in [2.75, 3.05) is 24.6 Å². The molecular weight excluding hydrogens is 419 g/mol. The lowest BCUT2D eigenvalue weighted by Crippen LogP contribution is -2.43. The quantitative estimate of drug-likeness (QED) is 0.576. The van der Waals surface area contributed by atoms with Gasteiger partial charge in [-0.1, -0.05) is 17.3 Å². The smallest absolute Gasteiger partial charge is 0.240 e. The molecule has 2 heterocycles. The van der Waals surface area contributed by atoms with E-state index in [2.05, 4.69) is 15.8 Å². The molecule has 32 heavy (non-hydrogen) atoms. The number of nitrogens with one attached hydrogen (secondary N) is 2. The number of ether oxygens (including phenoxy) is 1. The Morgan fingerprint density at radius 2 is 1.94 bits per heavy atom. The molecule has 0 radical (unpaired) electrons. The van der Waals surface area contributed by atoms with E-state index in [9.17, 15) is 18.8 Å². The van der Waals surface area contributed by atoms with Gasteiger partial charge >= 0.3 is 0 Å². The normalized spacial score (nSPS) is 15.4. The Labute approximate surface area is 185 Å². The Kier molecular flexibility index (Phi) is 8.32. The molecule has 0 aliphatic carbocycles. The number of hydrogen-bond donors (Lipinski definition) is 2. The highest BCUT2D eigenvalue weighted by Crippen LogP contribution is 2.16. The van der Waals surface area contributed by atoms with Crippen LogP contribution < -0.4 is 15.5 Å². The lowest BCUT2D eigenvalue weighted by molar-refractivity contribution is -0.126. The summed E-state index contributed by atoms with van der Waals surface area (Å²) in [6.07, 6.45) is 1.66. The maximum absolute atomic E-state index is 13.0. The van der Waals surface area contributed by atoms with Gasteiger partial charge in [0.1, 0.15) is 18.1 Å². The van der Waals surface area contributed by atoms with Gasteiger partial charge in [-0.15, -0.1) is 0 Å². The minimum Gasteiger partial charge on any atom is -0.376 e. The second kappa shape index (κ2) is 11.4. The van der Waals surface area contributed by atoms with Crippen LogP contribution in [0.4, 0.5) is 10.2 Å². The number of hydrogen-bond acceptors (Lipinski definition) is 6. The van der Waals surface area contributed by atoms with E-state index in [1.807, 2.05) is 0 Å². The highest BCUT2D eigenvalue weighted by molar-refractivity contribution is 5.99. The molecule has 2 aromatic rings. The molecule has 0 bridgehead atoms. The summed E-state index contributed by atoms with van der Waals surface area (Å²) < 4.78 is 23.5. The predicted octanol–water partition coefficient (Wildman–Crippen LogP) is 1.85. The van der Waals surface area contributed by atoms with Gasteiger partial charge in [-0.25, -0.2) is 4.39 Å². The van der Waals surface area contributed by atoms with Crippen LogP contribution >= 0.6 is 0 Å². The zero-order valence-corrected chi connectivity index (χ0v) is 17.9. The first kappa shape index (κ1) is 23.4. The van der Waals surface area contributed by atoms with Gasteiger partial charge in [0.25, 0.3) is 0 Å². The van der Waals surface area contributed by atoms with Gasteiger partial charge in [0, 0.05) is 38.6 Å². The van der Waals surface area contributed by atoms with E-state index in [1.54, 1.807) is 25.1 Å². The summed E-state index contributed by atoms with van der Waals surface area (Å²) in [5.74, 6) is -0.755. The fourth-order valence-corrected chi connectivity index (χ4v) is 3.26. The zero-order chi connectivity index (χ0) is 22.9. The number of aromatic nitrogens is 1. The van der Waals surface area contributed by atoms with Crippen LogP contribution in [0, 0.1) is 12.7 Å². The van der Waals surface area contributed by atoms with Crippen molar-refractivity contribution in [3.05, 3.63) is 47.5 Å². The topological polar surface area (TPSA) is 114 Å². The van der Waals surface area contributed by atoms with Crippen molar-refractivity contribution in [1.29, 1.82) is 0 Å². The molecule has 0 spiro atoms. The van der Waals surface area contributed by atoms with Crippen molar-refractivity contribution in [2.45, 2.75) is 45.3 Å². The fourth-order valence-electron chi connectivity index (χ4n) is 3.26. The maximum Gasteiger partial charge on any atom is 0.240 e. The fraction of sp³-hybridized carbons (Fsp3) is 0.455. The Bertz CT molecular complexity index is 925. The second-order valence-electron chi connectivity index (χ2n) is 7.62. The summed E-state index contributed by atoms with van der Waals surface area (Å²) in [7, 11) is 0. The molecular formula is C22H27FN4O5. The standard InChI is InChI=1S/C22H27FN4O5/c1-15-11-19(26-32-15)27(14-21(29)25-13-18-3-2-10-31-18)22(30)9-8-20(28)24-12-16-4-6-17(23)7-5-16/h4-7,11,18H,2-3,8-10,12-14H2,1H3,(H,24,28)(H,25,29)/t18-/m0/s1. The number of aryl methyl sites for hydroxylation is 1. The number of halogens is 1. The third-order valence-electron chi connectivity index (χ3n) is 5.01. The molecule has 1 aromatic carbocycles. The number of amides is 3. The van der Waals surface area contributed by atoms with Crippen LogP contribution in [0.1, 0.15) is 37.0 Å². The zero-order valence-electron chi connectivity index (χ0n) is 17.9. The van der Waals surface area contributed by atoms with E-state index >= 15 is 0 Å². The Balaban J connectivity index is 1.50. The van der Waals surface area contributed by atoms with Crippen molar-refractivity contribution in [1.82, 2.24) is 15.8 Å². The van der Waals surface area contributed by atoms with Gasteiger partial charge in [0.2, 0.25) is 17.7 Å². The lowest BCUT2D eigenvalue weighted by Gasteiger charge is -2.20. The minimum atomic E-state index is -0.428. The van der Waals surface area contributed by atoms with E-state index in [1.165, 1.54) is 17.0 Å². The third-order valence-corrected chi connectivity index (χ3v) is 5.01. The molecule has 1 aromatic heterocycles. The maximum atomic E-state index is 13.0. The van der Waals surface area contributed by atoms with E-state index in [0.29, 0.717) is 18.9 Å². The molecule has 0 unspecified atom stereocenters. The van der Waals surface area contributed by atoms with Crippen LogP contribution in [-0.4, -0.2) is 48.7 Å². The summed E-state index contributed by atoms with van der Waals surface area (Å²) in [5.41, 5.74) is 0.744. The van der Waals surface area contributed by atoms with Crippen molar-refractivity contribution in [3.63, 3.8) is 0 Å². The number of anilines is 1. The molecule has 3 rings (SSSR count). The largest absolute Gasteiger partial charge is 0.376 e. The molecule has 1 fully saturated rings. The van der Waals surface area contributed by atoms with E-state index in [4.69, 9.17) is 9.26 Å². The number of nitrogens with zero attached hydrogens (tertiary/aromatic N) is 2. The molecule has 172 valence electrons. The van der Waals surface area contributed by atoms with Gasteiger partial charge in [-0.3, -0.25) is 19.3 Å². The first-order chi connectivity index (χ1) is 15.4. The molecule has 1 atom stereocenters. The molecule has 9 nitrogen and oxygen atoms in total. The molecule has 10 heteroatoms. The number of carbonyl (C=O) groups excluding carboxylic acids is 3. The number of benzene rings is 1. The number of rotatable bonds is 10. The van der Waals surface area contributed by atoms with Crippen LogP contribution in [0.25, 0.3) is 0 Å². The SMILES string of the molecule is Cc1cc(N(CC(=O)NC[C@@H]2CCCO2)C(=O)CCC(=O)NCc2ccc(F)cc2)no1. The van der Waals surface area contributed by atoms with Crippen molar-refractivity contribution < 1.29 is 28.0 Å². The van der Waals surface area contributed by atoms with Crippen LogP contribution in [0.2, 0.25) is 0 Å². The van der Waals surface area contributed by atoms with Crippen LogP contribution in [0.3, 0.4) is 0 Å². The molecule has 0 saturated carbocycles. The highest BCUT2D eigenvalue weighted by Gasteiger charge is 2.24. The summed E-state index contributed by atoms with van der Waals surface area (Å²) in [4.78, 5) is 38.5. The van der Waals surface area contributed by atoms with Crippen molar-refractivity contribution in [3.8, 4) is 0 Å². The van der Waals surface area contributed by atoms with Crippen LogP contribution in [0.5, 0.6) is 0 Å².